The van der Waals surface area contributed by atoms with Crippen LogP contribution in [0, 0.1) is 0 Å². The van der Waals surface area contributed by atoms with Gasteiger partial charge in [-0.25, -0.2) is 0 Å². The summed E-state index contributed by atoms with van der Waals surface area (Å²) in [7, 11) is 1.87. The van der Waals surface area contributed by atoms with Crippen molar-refractivity contribution in [3.05, 3.63) is 63.6 Å². The highest BCUT2D eigenvalue weighted by atomic mass is 35.5. The van der Waals surface area contributed by atoms with E-state index in [0.717, 1.165) is 60.5 Å². The second kappa shape index (κ2) is 9.59. The number of benzene rings is 2. The molecular weight excluding hydrogens is 417 g/mol. The summed E-state index contributed by atoms with van der Waals surface area (Å²) in [6.07, 6.45) is 3.19. The van der Waals surface area contributed by atoms with Crippen LogP contribution in [0.1, 0.15) is 30.9 Å². The lowest BCUT2D eigenvalue weighted by molar-refractivity contribution is 0.0670. The first-order chi connectivity index (χ1) is 14.5. The Labute approximate surface area is 189 Å². The van der Waals surface area contributed by atoms with E-state index >= 15 is 0 Å². The van der Waals surface area contributed by atoms with E-state index in [1.54, 1.807) is 0 Å². The molecule has 1 atom stereocenters. The van der Waals surface area contributed by atoms with Gasteiger partial charge in [-0.15, -0.1) is 0 Å². The molecule has 2 aromatic carbocycles. The van der Waals surface area contributed by atoms with E-state index in [9.17, 15) is 0 Å². The molecule has 2 aliphatic heterocycles. The van der Waals surface area contributed by atoms with Crippen LogP contribution in [-0.4, -0.2) is 54.5 Å². The van der Waals surface area contributed by atoms with Gasteiger partial charge in [0.25, 0.3) is 0 Å². The third-order valence-corrected chi connectivity index (χ3v) is 6.86. The zero-order valence-electron chi connectivity index (χ0n) is 17.7. The molecule has 0 amide bonds. The van der Waals surface area contributed by atoms with Crippen molar-refractivity contribution < 1.29 is 4.74 Å². The maximum atomic E-state index is 6.31. The van der Waals surface area contributed by atoms with Crippen LogP contribution < -0.4 is 4.74 Å². The van der Waals surface area contributed by atoms with Gasteiger partial charge in [-0.2, -0.15) is 0 Å². The van der Waals surface area contributed by atoms with E-state index in [0.29, 0.717) is 18.7 Å². The predicted octanol–water partition coefficient (Wildman–Crippen LogP) is 5.31. The van der Waals surface area contributed by atoms with E-state index in [1.807, 2.05) is 31.3 Å². The Hall–Kier alpha value is -1.75. The number of rotatable bonds is 3. The molecular formula is C24H29Cl2N3O. The van der Waals surface area contributed by atoms with Crippen molar-refractivity contribution in [2.24, 2.45) is 4.99 Å². The number of hydrogen-bond donors (Lipinski definition) is 0. The monoisotopic (exact) mass is 445 g/mol. The lowest BCUT2D eigenvalue weighted by atomic mass is 9.97. The van der Waals surface area contributed by atoms with Crippen molar-refractivity contribution >= 4 is 29.0 Å². The summed E-state index contributed by atoms with van der Waals surface area (Å²) in [6.45, 7) is 5.72. The van der Waals surface area contributed by atoms with Gasteiger partial charge in [-0.3, -0.25) is 9.89 Å². The Bertz CT molecular complexity index is 892. The molecule has 0 saturated carbocycles. The Morgan fingerprint density at radius 1 is 1.07 bits per heavy atom. The van der Waals surface area contributed by atoms with Crippen molar-refractivity contribution in [3.63, 3.8) is 0 Å². The second-order valence-corrected chi connectivity index (χ2v) is 9.08. The van der Waals surface area contributed by atoms with Crippen LogP contribution in [0.3, 0.4) is 0 Å². The molecule has 1 unspecified atom stereocenters. The standard InChI is InChI=1S/C24H29Cl2N3O/c1-17(27-2)28-11-9-22(10-12-28)29-15-19-14-21(26)7-8-24(19)30-16-23(29)13-18-3-5-20(25)6-4-18/h3-8,14,22-23H,9-13,15-16H2,1-2H3. The molecule has 6 heteroatoms. The van der Waals surface area contributed by atoms with Crippen molar-refractivity contribution in [3.8, 4) is 5.75 Å². The fraction of sp³-hybridized carbons (Fsp3) is 0.458. The summed E-state index contributed by atoms with van der Waals surface area (Å²) in [5.41, 5.74) is 2.46. The Morgan fingerprint density at radius 2 is 1.77 bits per heavy atom. The number of piperidine rings is 1. The topological polar surface area (TPSA) is 28.1 Å². The molecule has 2 aliphatic rings. The normalized spacial score (nSPS) is 21.1. The highest BCUT2D eigenvalue weighted by molar-refractivity contribution is 6.30. The summed E-state index contributed by atoms with van der Waals surface area (Å²) in [4.78, 5) is 9.40. The van der Waals surface area contributed by atoms with Crippen molar-refractivity contribution in [2.75, 3.05) is 26.7 Å². The number of halogens is 2. The van der Waals surface area contributed by atoms with Gasteiger partial charge < -0.3 is 9.64 Å². The minimum atomic E-state index is 0.301. The van der Waals surface area contributed by atoms with Crippen LogP contribution in [0.25, 0.3) is 0 Å². The molecule has 4 nitrogen and oxygen atoms in total. The molecule has 2 heterocycles. The molecule has 160 valence electrons. The maximum absolute atomic E-state index is 6.31. The minimum absolute atomic E-state index is 0.301. The van der Waals surface area contributed by atoms with E-state index in [4.69, 9.17) is 27.9 Å². The summed E-state index contributed by atoms with van der Waals surface area (Å²) in [5, 5.41) is 1.54. The van der Waals surface area contributed by atoms with Gasteiger partial charge in [0, 0.05) is 54.4 Å². The van der Waals surface area contributed by atoms with Crippen LogP contribution in [0.15, 0.2) is 47.5 Å². The molecule has 2 aromatic rings. The fourth-order valence-corrected chi connectivity index (χ4v) is 4.90. The fourth-order valence-electron chi connectivity index (χ4n) is 4.58. The number of fused-ring (bicyclic) bond motifs is 1. The predicted molar refractivity (Wildman–Crippen MR) is 125 cm³/mol. The molecule has 0 aromatic heterocycles. The largest absolute Gasteiger partial charge is 0.492 e. The molecule has 30 heavy (non-hydrogen) atoms. The summed E-state index contributed by atoms with van der Waals surface area (Å²) >= 11 is 12.4. The molecule has 0 aliphatic carbocycles. The highest BCUT2D eigenvalue weighted by Gasteiger charge is 2.33. The zero-order chi connectivity index (χ0) is 21.1. The van der Waals surface area contributed by atoms with Crippen LogP contribution >= 0.6 is 23.2 Å². The SMILES string of the molecule is CN=C(C)N1CCC(N2Cc3cc(Cl)ccc3OCC2Cc2ccc(Cl)cc2)CC1. The van der Waals surface area contributed by atoms with Crippen LogP contribution in [-0.2, 0) is 13.0 Å². The van der Waals surface area contributed by atoms with Gasteiger partial charge >= 0.3 is 0 Å². The van der Waals surface area contributed by atoms with Gasteiger partial charge in [0.05, 0.1) is 5.84 Å². The number of ether oxygens (including phenoxy) is 1. The Kier molecular flexibility index (Phi) is 6.87. The quantitative estimate of drug-likeness (QED) is 0.473. The zero-order valence-corrected chi connectivity index (χ0v) is 19.2. The lowest BCUT2D eigenvalue weighted by Crippen LogP contribution is -2.51. The van der Waals surface area contributed by atoms with E-state index in [1.165, 1.54) is 11.1 Å². The Balaban J connectivity index is 1.57. The van der Waals surface area contributed by atoms with Crippen molar-refractivity contribution in [2.45, 2.75) is 44.8 Å². The van der Waals surface area contributed by atoms with Crippen LogP contribution in [0.2, 0.25) is 10.0 Å². The molecule has 4 rings (SSSR count). The first-order valence-electron chi connectivity index (χ1n) is 10.6. The summed E-state index contributed by atoms with van der Waals surface area (Å²) < 4.78 is 6.25. The lowest BCUT2D eigenvalue weighted by Gasteiger charge is -2.42. The van der Waals surface area contributed by atoms with E-state index < -0.39 is 0 Å². The first-order valence-corrected chi connectivity index (χ1v) is 11.4. The summed E-state index contributed by atoms with van der Waals surface area (Å²) in [5.74, 6) is 2.08. The smallest absolute Gasteiger partial charge is 0.123 e. The van der Waals surface area contributed by atoms with E-state index in [-0.39, 0.29) is 0 Å². The van der Waals surface area contributed by atoms with Gasteiger partial charge in [0.15, 0.2) is 0 Å². The molecule has 0 radical (unpaired) electrons. The Morgan fingerprint density at radius 3 is 2.47 bits per heavy atom. The summed E-state index contributed by atoms with van der Waals surface area (Å²) in [6, 6.07) is 15.0. The average Bonchev–Trinajstić information content (AvgIpc) is 2.94. The van der Waals surface area contributed by atoms with Gasteiger partial charge in [-0.1, -0.05) is 35.3 Å². The van der Waals surface area contributed by atoms with E-state index in [2.05, 4.69) is 39.9 Å². The molecule has 1 fully saturated rings. The van der Waals surface area contributed by atoms with Gasteiger partial charge in [-0.05, 0) is 62.1 Å². The molecule has 1 saturated heterocycles. The number of hydrogen-bond acceptors (Lipinski definition) is 3. The van der Waals surface area contributed by atoms with Crippen molar-refractivity contribution in [1.29, 1.82) is 0 Å². The van der Waals surface area contributed by atoms with Gasteiger partial charge in [0.2, 0.25) is 0 Å². The highest BCUT2D eigenvalue weighted by Crippen LogP contribution is 2.32. The second-order valence-electron chi connectivity index (χ2n) is 8.21. The molecule has 0 spiro atoms. The third kappa shape index (κ3) is 4.93. The maximum Gasteiger partial charge on any atom is 0.123 e. The number of likely N-dealkylation sites (tertiary alicyclic amines) is 1. The van der Waals surface area contributed by atoms with Gasteiger partial charge in [0.1, 0.15) is 12.4 Å². The van der Waals surface area contributed by atoms with Crippen molar-refractivity contribution in [1.82, 2.24) is 9.80 Å². The minimum Gasteiger partial charge on any atom is -0.492 e. The van der Waals surface area contributed by atoms with Crippen LogP contribution in [0.5, 0.6) is 5.75 Å². The third-order valence-electron chi connectivity index (χ3n) is 6.38. The number of aliphatic imine (C=N–C) groups is 1. The molecule has 0 N–H and O–H groups in total. The average molecular weight is 446 g/mol. The number of nitrogens with zero attached hydrogens (tertiary/aromatic N) is 3. The number of amidine groups is 1. The first kappa shape index (κ1) is 21.5. The molecule has 0 bridgehead atoms. The van der Waals surface area contributed by atoms with Crippen LogP contribution in [0.4, 0.5) is 0 Å².